The van der Waals surface area contributed by atoms with Crippen molar-refractivity contribution in [3.63, 3.8) is 0 Å². The first-order chi connectivity index (χ1) is 14.9. The average molecular weight is 420 g/mol. The van der Waals surface area contributed by atoms with Crippen molar-refractivity contribution < 1.29 is 9.53 Å². The Morgan fingerprint density at radius 1 is 1.06 bits per heavy atom. The Hall–Kier alpha value is -3.21. The Kier molecular flexibility index (Phi) is 7.40. The molecule has 31 heavy (non-hydrogen) atoms. The Morgan fingerprint density at radius 2 is 1.84 bits per heavy atom. The summed E-state index contributed by atoms with van der Waals surface area (Å²) in [5, 5.41) is 3.04. The van der Waals surface area contributed by atoms with Crippen molar-refractivity contribution in [1.82, 2.24) is 9.47 Å². The molecule has 0 unspecified atom stereocenters. The van der Waals surface area contributed by atoms with Gasteiger partial charge >= 0.3 is 6.03 Å². The molecule has 5 heteroatoms. The van der Waals surface area contributed by atoms with Crippen molar-refractivity contribution in [3.8, 4) is 5.75 Å². The lowest BCUT2D eigenvalue weighted by Crippen LogP contribution is -2.43. The minimum Gasteiger partial charge on any atom is -0.495 e. The van der Waals surface area contributed by atoms with E-state index in [1.807, 2.05) is 35.2 Å². The maximum Gasteiger partial charge on any atom is 0.322 e. The number of methoxy groups -OCH3 is 1. The van der Waals surface area contributed by atoms with Crippen molar-refractivity contribution in [1.29, 1.82) is 0 Å². The summed E-state index contributed by atoms with van der Waals surface area (Å²) in [7, 11) is 1.61. The van der Waals surface area contributed by atoms with Gasteiger partial charge in [-0.25, -0.2) is 4.79 Å². The van der Waals surface area contributed by atoms with Crippen LogP contribution in [-0.2, 0) is 13.1 Å². The van der Waals surface area contributed by atoms with E-state index in [-0.39, 0.29) is 12.1 Å². The van der Waals surface area contributed by atoms with Gasteiger partial charge in [0, 0.05) is 24.5 Å². The lowest BCUT2D eigenvalue weighted by Gasteiger charge is -2.32. The van der Waals surface area contributed by atoms with Crippen LogP contribution in [0.1, 0.15) is 37.6 Å². The highest BCUT2D eigenvalue weighted by Crippen LogP contribution is 2.25. The molecule has 1 heterocycles. The standard InChI is InChI=1S/C26H33N3O2/c1-19(2)21(4)29(26(30)27-24-13-6-7-14-25(24)31-5)18-23-12-9-15-28(23)17-22-11-8-10-20(3)16-22/h6-16,19,21H,17-18H2,1-5H3,(H,27,30)/t21-/m0/s1. The monoisotopic (exact) mass is 419 g/mol. The number of rotatable bonds is 8. The summed E-state index contributed by atoms with van der Waals surface area (Å²) >= 11 is 0. The number of benzene rings is 2. The second-order valence-corrected chi connectivity index (χ2v) is 8.36. The Bertz CT molecular complexity index is 1010. The number of ether oxygens (including phenoxy) is 1. The van der Waals surface area contributed by atoms with Crippen LogP contribution in [0, 0.1) is 12.8 Å². The minimum absolute atomic E-state index is 0.0667. The maximum atomic E-state index is 13.3. The van der Waals surface area contributed by atoms with Gasteiger partial charge in [0.2, 0.25) is 0 Å². The molecule has 0 aliphatic rings. The molecule has 164 valence electrons. The number of para-hydroxylation sites is 2. The summed E-state index contributed by atoms with van der Waals surface area (Å²) in [5.74, 6) is 0.972. The molecule has 0 aliphatic heterocycles. The molecule has 3 rings (SSSR count). The molecule has 0 aliphatic carbocycles. The van der Waals surface area contributed by atoms with E-state index in [9.17, 15) is 4.79 Å². The SMILES string of the molecule is COc1ccccc1NC(=O)N(Cc1cccn1Cc1cccc(C)c1)[C@@H](C)C(C)C. The third-order valence-electron chi connectivity index (χ3n) is 5.76. The van der Waals surface area contributed by atoms with Crippen molar-refractivity contribution in [3.05, 3.63) is 83.7 Å². The minimum atomic E-state index is -0.131. The first-order valence-corrected chi connectivity index (χ1v) is 10.8. The molecular formula is C26H33N3O2. The van der Waals surface area contributed by atoms with Gasteiger partial charge in [-0.05, 0) is 49.6 Å². The van der Waals surface area contributed by atoms with E-state index < -0.39 is 0 Å². The molecule has 5 nitrogen and oxygen atoms in total. The Labute approximate surface area is 185 Å². The van der Waals surface area contributed by atoms with Crippen molar-refractivity contribution in [2.24, 2.45) is 5.92 Å². The number of carbonyl (C=O) groups excluding carboxylic acids is 1. The predicted molar refractivity (Wildman–Crippen MR) is 127 cm³/mol. The van der Waals surface area contributed by atoms with Gasteiger partial charge in [0.15, 0.2) is 0 Å². The smallest absolute Gasteiger partial charge is 0.322 e. The summed E-state index contributed by atoms with van der Waals surface area (Å²) in [6.45, 7) is 9.79. The zero-order chi connectivity index (χ0) is 22.4. The number of urea groups is 1. The van der Waals surface area contributed by atoms with Gasteiger partial charge in [-0.15, -0.1) is 0 Å². The van der Waals surface area contributed by atoms with Crippen molar-refractivity contribution in [2.75, 3.05) is 12.4 Å². The normalized spacial score (nSPS) is 11.9. The summed E-state index contributed by atoms with van der Waals surface area (Å²) in [6.07, 6.45) is 2.08. The first kappa shape index (κ1) is 22.5. The number of hydrogen-bond acceptors (Lipinski definition) is 2. The van der Waals surface area contributed by atoms with E-state index in [1.165, 1.54) is 11.1 Å². The zero-order valence-corrected chi connectivity index (χ0v) is 19.1. The average Bonchev–Trinajstić information content (AvgIpc) is 3.18. The molecule has 1 aromatic heterocycles. The quantitative estimate of drug-likeness (QED) is 0.492. The summed E-state index contributed by atoms with van der Waals surface area (Å²) in [4.78, 5) is 15.2. The van der Waals surface area contributed by atoms with E-state index in [0.29, 0.717) is 23.9 Å². The van der Waals surface area contributed by atoms with Gasteiger partial charge in [0.25, 0.3) is 0 Å². The third-order valence-corrected chi connectivity index (χ3v) is 5.76. The second kappa shape index (κ2) is 10.2. The lowest BCUT2D eigenvalue weighted by molar-refractivity contribution is 0.168. The lowest BCUT2D eigenvalue weighted by atomic mass is 10.0. The third kappa shape index (κ3) is 5.69. The molecule has 0 fully saturated rings. The molecule has 2 aromatic carbocycles. The van der Waals surface area contributed by atoms with Gasteiger partial charge in [-0.1, -0.05) is 55.8 Å². The van der Waals surface area contributed by atoms with Gasteiger partial charge in [-0.2, -0.15) is 0 Å². The van der Waals surface area contributed by atoms with Gasteiger partial charge in [-0.3, -0.25) is 0 Å². The predicted octanol–water partition coefficient (Wildman–Crippen LogP) is 5.93. The highest BCUT2D eigenvalue weighted by Gasteiger charge is 2.24. The molecule has 0 radical (unpaired) electrons. The summed E-state index contributed by atoms with van der Waals surface area (Å²) in [5.41, 5.74) is 4.27. The summed E-state index contributed by atoms with van der Waals surface area (Å²) in [6, 6.07) is 20.1. The topological polar surface area (TPSA) is 46.5 Å². The van der Waals surface area contributed by atoms with Crippen LogP contribution >= 0.6 is 0 Å². The molecule has 0 saturated heterocycles. The second-order valence-electron chi connectivity index (χ2n) is 8.36. The number of carbonyl (C=O) groups is 1. The van der Waals surface area contributed by atoms with E-state index >= 15 is 0 Å². The van der Waals surface area contributed by atoms with Crippen LogP contribution in [0.15, 0.2) is 66.9 Å². The molecule has 1 N–H and O–H groups in total. The highest BCUT2D eigenvalue weighted by molar-refractivity contribution is 5.91. The van der Waals surface area contributed by atoms with Crippen LogP contribution in [0.3, 0.4) is 0 Å². The van der Waals surface area contributed by atoms with Crippen LogP contribution in [0.5, 0.6) is 5.75 Å². The molecular weight excluding hydrogens is 386 g/mol. The fourth-order valence-electron chi connectivity index (χ4n) is 3.62. The number of aromatic nitrogens is 1. The van der Waals surface area contributed by atoms with Crippen LogP contribution in [0.4, 0.5) is 10.5 Å². The van der Waals surface area contributed by atoms with E-state index in [2.05, 4.69) is 74.1 Å². The molecule has 0 saturated carbocycles. The fraction of sp³-hybridized carbons (Fsp3) is 0.346. The van der Waals surface area contributed by atoms with Crippen LogP contribution in [0.25, 0.3) is 0 Å². The van der Waals surface area contributed by atoms with Crippen molar-refractivity contribution >= 4 is 11.7 Å². The fourth-order valence-corrected chi connectivity index (χ4v) is 3.62. The van der Waals surface area contributed by atoms with Crippen LogP contribution in [0.2, 0.25) is 0 Å². The van der Waals surface area contributed by atoms with Gasteiger partial charge in [0.1, 0.15) is 5.75 Å². The maximum absolute atomic E-state index is 13.3. The molecule has 0 bridgehead atoms. The van der Waals surface area contributed by atoms with E-state index in [0.717, 1.165) is 12.2 Å². The molecule has 3 aromatic rings. The number of nitrogens with zero attached hydrogens (tertiary/aromatic N) is 2. The van der Waals surface area contributed by atoms with Gasteiger partial charge < -0.3 is 19.5 Å². The first-order valence-electron chi connectivity index (χ1n) is 10.8. The van der Waals surface area contributed by atoms with Crippen LogP contribution in [-0.4, -0.2) is 28.6 Å². The number of amides is 2. The number of nitrogens with one attached hydrogen (secondary N) is 1. The molecule has 1 atom stereocenters. The largest absolute Gasteiger partial charge is 0.495 e. The summed E-state index contributed by atoms with van der Waals surface area (Å²) < 4.78 is 7.61. The molecule has 2 amide bonds. The Balaban J connectivity index is 1.82. The molecule has 0 spiro atoms. The number of anilines is 1. The van der Waals surface area contributed by atoms with Crippen LogP contribution < -0.4 is 10.1 Å². The number of aryl methyl sites for hydroxylation is 1. The number of hydrogen-bond donors (Lipinski definition) is 1. The Morgan fingerprint density at radius 3 is 2.55 bits per heavy atom. The van der Waals surface area contributed by atoms with E-state index in [1.54, 1.807) is 7.11 Å². The van der Waals surface area contributed by atoms with Crippen molar-refractivity contribution in [2.45, 2.75) is 46.8 Å². The highest BCUT2D eigenvalue weighted by atomic mass is 16.5. The zero-order valence-electron chi connectivity index (χ0n) is 19.1. The van der Waals surface area contributed by atoms with Gasteiger partial charge in [0.05, 0.1) is 19.3 Å². The van der Waals surface area contributed by atoms with E-state index in [4.69, 9.17) is 4.74 Å².